The molecule has 0 saturated heterocycles. The van der Waals surface area contributed by atoms with Crippen molar-refractivity contribution in [1.82, 2.24) is 5.32 Å². The summed E-state index contributed by atoms with van der Waals surface area (Å²) in [6.45, 7) is 2.72. The van der Waals surface area contributed by atoms with E-state index in [4.69, 9.17) is 16.6 Å². The van der Waals surface area contributed by atoms with E-state index in [-0.39, 0.29) is 11.7 Å². The van der Waals surface area contributed by atoms with Crippen LogP contribution in [-0.4, -0.2) is 18.2 Å². The fourth-order valence-corrected chi connectivity index (χ4v) is 4.42. The maximum Gasteiger partial charge on any atom is 0.251 e. The summed E-state index contributed by atoms with van der Waals surface area (Å²) in [6.07, 6.45) is 1.95. The molecule has 0 atom stereocenters. The summed E-state index contributed by atoms with van der Waals surface area (Å²) in [5.74, 6) is -0.449. The van der Waals surface area contributed by atoms with Crippen LogP contribution < -0.4 is 5.32 Å². The van der Waals surface area contributed by atoms with Crippen LogP contribution in [0.2, 0.25) is 5.02 Å². The Hall–Kier alpha value is -2.63. The summed E-state index contributed by atoms with van der Waals surface area (Å²) >= 11 is 7.71. The molecular weight excluding hydrogens is 419 g/mol. The van der Waals surface area contributed by atoms with Crippen molar-refractivity contribution in [3.05, 3.63) is 88.2 Å². The SMILES string of the molecule is CCCCNC(=O)c1ccc2c(c1)N=C(c1cccc(Cl)c1)c1cc(F)ccc1S2. The van der Waals surface area contributed by atoms with Gasteiger partial charge in [-0.05, 0) is 55.0 Å². The number of rotatable bonds is 5. The molecule has 1 N–H and O–H groups in total. The highest BCUT2D eigenvalue weighted by molar-refractivity contribution is 7.99. The van der Waals surface area contributed by atoms with Crippen molar-refractivity contribution >= 4 is 40.7 Å². The molecule has 1 heterocycles. The number of benzene rings is 3. The number of aliphatic imine (C=N–C) groups is 1. The van der Waals surface area contributed by atoms with Gasteiger partial charge in [0.05, 0.1) is 11.4 Å². The molecule has 1 aliphatic heterocycles. The minimum atomic E-state index is -0.328. The topological polar surface area (TPSA) is 41.5 Å². The lowest BCUT2D eigenvalue weighted by atomic mass is 10.0. The molecule has 0 fully saturated rings. The Bertz CT molecular complexity index is 1150. The van der Waals surface area contributed by atoms with Crippen LogP contribution in [0, 0.1) is 5.82 Å². The minimum absolute atomic E-state index is 0.122. The summed E-state index contributed by atoms with van der Waals surface area (Å²) in [5, 5.41) is 3.51. The van der Waals surface area contributed by atoms with Crippen molar-refractivity contribution in [2.24, 2.45) is 4.99 Å². The molecule has 0 aromatic heterocycles. The zero-order chi connectivity index (χ0) is 21.1. The fourth-order valence-electron chi connectivity index (χ4n) is 3.24. The van der Waals surface area contributed by atoms with E-state index < -0.39 is 0 Å². The van der Waals surface area contributed by atoms with Crippen LogP contribution in [0.3, 0.4) is 0 Å². The lowest BCUT2D eigenvalue weighted by molar-refractivity contribution is 0.0953. The van der Waals surface area contributed by atoms with Crippen molar-refractivity contribution in [2.45, 2.75) is 29.6 Å². The normalized spacial score (nSPS) is 12.4. The predicted molar refractivity (Wildman–Crippen MR) is 121 cm³/mol. The molecule has 1 aliphatic rings. The first-order valence-electron chi connectivity index (χ1n) is 9.80. The van der Waals surface area contributed by atoms with E-state index in [0.29, 0.717) is 34.1 Å². The first kappa shape index (κ1) is 20.6. The van der Waals surface area contributed by atoms with Gasteiger partial charge < -0.3 is 5.32 Å². The average Bonchev–Trinajstić information content (AvgIpc) is 2.90. The molecule has 3 aromatic rings. The first-order valence-corrected chi connectivity index (χ1v) is 11.0. The molecule has 3 aromatic carbocycles. The lowest BCUT2D eigenvalue weighted by Gasteiger charge is -2.09. The van der Waals surface area contributed by atoms with Crippen molar-refractivity contribution in [3.8, 4) is 0 Å². The van der Waals surface area contributed by atoms with Gasteiger partial charge in [0, 0.05) is 38.0 Å². The van der Waals surface area contributed by atoms with E-state index in [9.17, 15) is 9.18 Å². The van der Waals surface area contributed by atoms with E-state index in [1.54, 1.807) is 24.3 Å². The Morgan fingerprint density at radius 2 is 1.93 bits per heavy atom. The molecule has 1 amide bonds. The number of hydrogen-bond donors (Lipinski definition) is 1. The summed E-state index contributed by atoms with van der Waals surface area (Å²) in [6, 6.07) is 17.5. The van der Waals surface area contributed by atoms with Crippen molar-refractivity contribution in [3.63, 3.8) is 0 Å². The molecule has 152 valence electrons. The largest absolute Gasteiger partial charge is 0.352 e. The zero-order valence-corrected chi connectivity index (χ0v) is 18.0. The van der Waals surface area contributed by atoms with E-state index in [1.165, 1.54) is 23.9 Å². The standard InChI is InChI=1S/C24H20ClFN2OS/c1-2-3-11-27-24(29)16-7-9-22-20(13-16)28-23(15-5-4-6-17(25)12-15)19-14-18(26)8-10-21(19)30-22/h4-10,12-14H,2-3,11H2,1H3,(H,27,29). The summed E-state index contributed by atoms with van der Waals surface area (Å²) in [4.78, 5) is 19.2. The third kappa shape index (κ3) is 4.42. The fraction of sp³-hybridized carbons (Fsp3) is 0.167. The molecule has 0 aliphatic carbocycles. The number of amides is 1. The highest BCUT2D eigenvalue weighted by Gasteiger charge is 2.21. The maximum absolute atomic E-state index is 14.1. The van der Waals surface area contributed by atoms with Crippen molar-refractivity contribution < 1.29 is 9.18 Å². The van der Waals surface area contributed by atoms with Gasteiger partial charge in [-0.1, -0.05) is 48.8 Å². The summed E-state index contributed by atoms with van der Waals surface area (Å²) in [7, 11) is 0. The highest BCUT2D eigenvalue weighted by atomic mass is 35.5. The van der Waals surface area contributed by atoms with Gasteiger partial charge in [-0.2, -0.15) is 0 Å². The molecule has 4 rings (SSSR count). The average molecular weight is 439 g/mol. The molecular formula is C24H20ClFN2OS. The Morgan fingerprint density at radius 1 is 1.10 bits per heavy atom. The van der Waals surface area contributed by atoms with Gasteiger partial charge in [-0.15, -0.1) is 0 Å². The molecule has 3 nitrogen and oxygen atoms in total. The van der Waals surface area contributed by atoms with Crippen molar-refractivity contribution in [2.75, 3.05) is 6.54 Å². The van der Waals surface area contributed by atoms with E-state index in [2.05, 4.69) is 12.2 Å². The van der Waals surface area contributed by atoms with Crippen LogP contribution in [0.5, 0.6) is 0 Å². The number of halogens is 2. The molecule has 0 saturated carbocycles. The molecule has 0 bridgehead atoms. The van der Waals surface area contributed by atoms with E-state index >= 15 is 0 Å². The summed E-state index contributed by atoms with van der Waals surface area (Å²) < 4.78 is 14.1. The second-order valence-electron chi connectivity index (χ2n) is 7.01. The van der Waals surface area contributed by atoms with Crippen LogP contribution in [0.1, 0.15) is 41.3 Å². The molecule has 30 heavy (non-hydrogen) atoms. The van der Waals surface area contributed by atoms with Gasteiger partial charge in [0.15, 0.2) is 0 Å². The first-order chi connectivity index (χ1) is 14.5. The Balaban J connectivity index is 1.82. The number of carbonyl (C=O) groups excluding carboxylic acids is 1. The molecule has 0 radical (unpaired) electrons. The maximum atomic E-state index is 14.1. The van der Waals surface area contributed by atoms with Crippen LogP contribution in [0.25, 0.3) is 0 Å². The molecule has 0 spiro atoms. The number of fused-ring (bicyclic) bond motifs is 2. The van der Waals surface area contributed by atoms with Gasteiger partial charge in [0.25, 0.3) is 5.91 Å². The number of hydrogen-bond acceptors (Lipinski definition) is 3. The van der Waals surface area contributed by atoms with Gasteiger partial charge in [-0.25, -0.2) is 9.38 Å². The highest BCUT2D eigenvalue weighted by Crippen LogP contribution is 2.42. The van der Waals surface area contributed by atoms with Gasteiger partial charge in [0.1, 0.15) is 5.82 Å². The smallest absolute Gasteiger partial charge is 0.251 e. The molecule has 6 heteroatoms. The number of nitrogens with zero attached hydrogens (tertiary/aromatic N) is 1. The third-order valence-corrected chi connectivity index (χ3v) is 6.16. The van der Waals surface area contributed by atoms with Gasteiger partial charge >= 0.3 is 0 Å². The quantitative estimate of drug-likeness (QED) is 0.355. The number of carbonyl (C=O) groups is 1. The van der Waals surface area contributed by atoms with E-state index in [0.717, 1.165) is 28.2 Å². The van der Waals surface area contributed by atoms with Crippen LogP contribution >= 0.6 is 23.4 Å². The van der Waals surface area contributed by atoms with Crippen LogP contribution in [0.4, 0.5) is 10.1 Å². The second kappa shape index (κ2) is 9.02. The second-order valence-corrected chi connectivity index (χ2v) is 8.53. The van der Waals surface area contributed by atoms with E-state index in [1.807, 2.05) is 24.3 Å². The van der Waals surface area contributed by atoms with Crippen LogP contribution in [0.15, 0.2) is 75.4 Å². The number of unbranched alkanes of at least 4 members (excludes halogenated alkanes) is 1. The summed E-state index contributed by atoms with van der Waals surface area (Å²) in [5.41, 5.74) is 3.35. The zero-order valence-electron chi connectivity index (χ0n) is 16.4. The van der Waals surface area contributed by atoms with Gasteiger partial charge in [-0.3, -0.25) is 4.79 Å². The molecule has 0 unspecified atom stereocenters. The Morgan fingerprint density at radius 3 is 2.73 bits per heavy atom. The van der Waals surface area contributed by atoms with Gasteiger partial charge in [0.2, 0.25) is 0 Å². The minimum Gasteiger partial charge on any atom is -0.352 e. The van der Waals surface area contributed by atoms with Crippen LogP contribution in [-0.2, 0) is 0 Å². The van der Waals surface area contributed by atoms with Crippen molar-refractivity contribution in [1.29, 1.82) is 0 Å². The lowest BCUT2D eigenvalue weighted by Crippen LogP contribution is -2.24. The predicted octanol–water partition coefficient (Wildman–Crippen LogP) is 6.64. The number of nitrogens with one attached hydrogen (secondary N) is 1. The monoisotopic (exact) mass is 438 g/mol. The Kier molecular flexibility index (Phi) is 6.21. The Labute approximate surface area is 184 Å². The third-order valence-electron chi connectivity index (χ3n) is 4.78.